The SMILES string of the molecule is C#CCCCC(=O)Nc1ccc(O[C@@H]2OC(CO)[C@@H](O[C@H]3OC(CO)[C@@H](O[C@H]4OC(CO)[C@@H](O[C@H]5OC(CO)[C@@H](O)[C@H](O)C5O)[C@H](O)C4O)[C@H](O)C3O)[C@H](O)C2O)c(C(F)F)c1. The van der Waals surface area contributed by atoms with Crippen LogP contribution in [0.4, 0.5) is 14.5 Å². The molecule has 14 N–H and O–H groups in total. The first-order chi connectivity index (χ1) is 29.5. The van der Waals surface area contributed by atoms with Gasteiger partial charge in [-0.25, -0.2) is 8.78 Å². The van der Waals surface area contributed by atoms with Crippen LogP contribution in [0.2, 0.25) is 0 Å². The van der Waals surface area contributed by atoms with Gasteiger partial charge in [0.1, 0.15) is 103 Å². The Balaban J connectivity index is 1.22. The largest absolute Gasteiger partial charge is 0.461 e. The summed E-state index contributed by atoms with van der Waals surface area (Å²) in [6, 6.07) is 3.21. The molecule has 0 bridgehead atoms. The Morgan fingerprint density at radius 1 is 0.629 bits per heavy atom. The Morgan fingerprint density at radius 3 is 1.48 bits per heavy atom. The number of aliphatic hydroxyl groups is 13. The van der Waals surface area contributed by atoms with Crippen LogP contribution in [-0.4, -0.2) is 222 Å². The average Bonchev–Trinajstić information content (AvgIpc) is 3.25. The molecular formula is C37H53F2NO22. The number of halogens is 2. The van der Waals surface area contributed by atoms with Crippen molar-refractivity contribution in [2.75, 3.05) is 31.7 Å². The van der Waals surface area contributed by atoms with E-state index in [1.807, 2.05) is 0 Å². The lowest BCUT2D eigenvalue weighted by molar-refractivity contribution is -0.387. The van der Waals surface area contributed by atoms with E-state index in [1.165, 1.54) is 6.07 Å². The van der Waals surface area contributed by atoms with Crippen LogP contribution in [0, 0.1) is 12.3 Å². The average molecular weight is 902 g/mol. The van der Waals surface area contributed by atoms with E-state index < -0.39 is 173 Å². The molecular weight excluding hydrogens is 848 g/mol. The highest BCUT2D eigenvalue weighted by atomic mass is 19.3. The minimum atomic E-state index is -3.16. The van der Waals surface area contributed by atoms with Gasteiger partial charge in [0.2, 0.25) is 12.2 Å². The number of unbranched alkanes of at least 4 members (excludes halogenated alkanes) is 1. The minimum absolute atomic E-state index is 0.00462. The number of carbonyl (C=O) groups excluding carboxylic acids is 1. The number of benzene rings is 1. The molecule has 1 aromatic rings. The summed E-state index contributed by atoms with van der Waals surface area (Å²) in [6.07, 6.45) is -34.5. The third-order valence-corrected chi connectivity index (χ3v) is 10.7. The molecule has 0 saturated carbocycles. The number of hydrogen-bond acceptors (Lipinski definition) is 22. The van der Waals surface area contributed by atoms with Crippen molar-refractivity contribution < 1.29 is 118 Å². The van der Waals surface area contributed by atoms with E-state index in [2.05, 4.69) is 11.2 Å². The van der Waals surface area contributed by atoms with Gasteiger partial charge in [0.25, 0.3) is 6.43 Å². The zero-order chi connectivity index (χ0) is 45.6. The summed E-state index contributed by atoms with van der Waals surface area (Å²) in [5.41, 5.74) is -0.737. The first-order valence-corrected chi connectivity index (χ1v) is 19.5. The Kier molecular flexibility index (Phi) is 18.1. The molecule has 4 saturated heterocycles. The van der Waals surface area contributed by atoms with E-state index in [0.29, 0.717) is 12.8 Å². The number of ether oxygens (including phenoxy) is 8. The van der Waals surface area contributed by atoms with Crippen LogP contribution < -0.4 is 10.1 Å². The quantitative estimate of drug-likeness (QED) is 0.0511. The van der Waals surface area contributed by atoms with Crippen LogP contribution in [0.15, 0.2) is 18.2 Å². The highest BCUT2D eigenvalue weighted by molar-refractivity contribution is 5.90. The molecule has 1 aromatic carbocycles. The van der Waals surface area contributed by atoms with Crippen LogP contribution in [0.5, 0.6) is 5.75 Å². The Hall–Kier alpha value is -2.89. The predicted octanol–water partition coefficient (Wildman–Crippen LogP) is -5.98. The van der Waals surface area contributed by atoms with E-state index in [9.17, 15) is 80.0 Å². The van der Waals surface area contributed by atoms with Gasteiger partial charge < -0.3 is 110 Å². The molecule has 25 heteroatoms. The summed E-state index contributed by atoms with van der Waals surface area (Å²) in [5.74, 6) is 1.37. The number of hydrogen-bond donors (Lipinski definition) is 14. The second-order valence-electron chi connectivity index (χ2n) is 14.9. The highest BCUT2D eigenvalue weighted by Crippen LogP contribution is 2.37. The van der Waals surface area contributed by atoms with Crippen LogP contribution >= 0.6 is 0 Å². The topological polar surface area (TPSA) is 366 Å². The number of carbonyl (C=O) groups is 1. The molecule has 4 aliphatic heterocycles. The van der Waals surface area contributed by atoms with Crippen molar-refractivity contribution in [1.29, 1.82) is 0 Å². The fourth-order valence-corrected chi connectivity index (χ4v) is 7.23. The Morgan fingerprint density at radius 2 is 1.05 bits per heavy atom. The van der Waals surface area contributed by atoms with Gasteiger partial charge in [-0.15, -0.1) is 12.3 Å². The summed E-state index contributed by atoms with van der Waals surface area (Å²) < 4.78 is 72.5. The number of aliphatic hydroxyl groups excluding tert-OH is 13. The summed E-state index contributed by atoms with van der Waals surface area (Å²) >= 11 is 0. The van der Waals surface area contributed by atoms with Gasteiger partial charge in [0, 0.05) is 18.5 Å². The van der Waals surface area contributed by atoms with Gasteiger partial charge in [-0.05, 0) is 24.6 Å². The highest BCUT2D eigenvalue weighted by Gasteiger charge is 2.55. The third kappa shape index (κ3) is 11.1. The number of anilines is 1. The summed E-state index contributed by atoms with van der Waals surface area (Å²) in [5, 5.41) is 139. The van der Waals surface area contributed by atoms with E-state index >= 15 is 0 Å². The van der Waals surface area contributed by atoms with Crippen molar-refractivity contribution in [3.05, 3.63) is 23.8 Å². The van der Waals surface area contributed by atoms with Crippen molar-refractivity contribution in [1.82, 2.24) is 0 Å². The lowest BCUT2D eigenvalue weighted by Gasteiger charge is -2.49. The molecule has 4 aliphatic rings. The summed E-state index contributed by atoms with van der Waals surface area (Å²) in [4.78, 5) is 12.2. The number of rotatable bonds is 17. The molecule has 4 fully saturated rings. The smallest absolute Gasteiger partial charge is 0.267 e. The van der Waals surface area contributed by atoms with E-state index in [4.69, 9.17) is 44.3 Å². The van der Waals surface area contributed by atoms with Gasteiger partial charge >= 0.3 is 0 Å². The molecule has 1 amide bonds. The normalized spacial score (nSPS) is 41.4. The minimum Gasteiger partial charge on any atom is -0.461 e. The number of alkyl halides is 2. The second kappa shape index (κ2) is 22.3. The summed E-state index contributed by atoms with van der Waals surface area (Å²) in [6.45, 7) is -3.71. The van der Waals surface area contributed by atoms with Crippen LogP contribution in [-0.2, 0) is 38.0 Å². The van der Waals surface area contributed by atoms with Gasteiger partial charge in [-0.3, -0.25) is 4.79 Å². The molecule has 0 aliphatic carbocycles. The van der Waals surface area contributed by atoms with Gasteiger partial charge in [0.05, 0.1) is 32.0 Å². The molecule has 0 radical (unpaired) electrons. The van der Waals surface area contributed by atoms with E-state index in [0.717, 1.165) is 12.1 Å². The molecule has 20 atom stereocenters. The van der Waals surface area contributed by atoms with Gasteiger partial charge in [-0.1, -0.05) is 0 Å². The molecule has 62 heavy (non-hydrogen) atoms. The first kappa shape index (κ1) is 50.1. The maximum Gasteiger partial charge on any atom is 0.267 e. The Bertz CT molecular complexity index is 1620. The summed E-state index contributed by atoms with van der Waals surface area (Å²) in [7, 11) is 0. The van der Waals surface area contributed by atoms with Crippen molar-refractivity contribution in [3.8, 4) is 18.1 Å². The zero-order valence-corrected chi connectivity index (χ0v) is 32.6. The van der Waals surface area contributed by atoms with E-state index in [-0.39, 0.29) is 12.1 Å². The van der Waals surface area contributed by atoms with Crippen molar-refractivity contribution in [2.45, 2.75) is 149 Å². The third-order valence-electron chi connectivity index (χ3n) is 10.7. The lowest BCUT2D eigenvalue weighted by Crippen LogP contribution is -2.67. The lowest BCUT2D eigenvalue weighted by atomic mass is 9.95. The number of terminal acetylenes is 1. The van der Waals surface area contributed by atoms with Crippen LogP contribution in [0.1, 0.15) is 31.3 Å². The molecule has 4 heterocycles. The molecule has 0 spiro atoms. The maximum atomic E-state index is 14.1. The molecule has 8 unspecified atom stereocenters. The van der Waals surface area contributed by atoms with Crippen molar-refractivity contribution in [3.63, 3.8) is 0 Å². The monoisotopic (exact) mass is 901 g/mol. The van der Waals surface area contributed by atoms with E-state index in [1.54, 1.807) is 0 Å². The Labute approximate surface area is 351 Å². The van der Waals surface area contributed by atoms with Crippen molar-refractivity contribution >= 4 is 11.6 Å². The number of amides is 1. The maximum absolute atomic E-state index is 14.1. The van der Waals surface area contributed by atoms with Gasteiger partial charge in [-0.2, -0.15) is 0 Å². The zero-order valence-electron chi connectivity index (χ0n) is 32.6. The molecule has 5 rings (SSSR count). The van der Waals surface area contributed by atoms with Gasteiger partial charge in [0.15, 0.2) is 18.9 Å². The fraction of sp³-hybridized carbons (Fsp3) is 0.757. The van der Waals surface area contributed by atoms with Crippen LogP contribution in [0.3, 0.4) is 0 Å². The molecule has 23 nitrogen and oxygen atoms in total. The first-order valence-electron chi connectivity index (χ1n) is 19.5. The predicted molar refractivity (Wildman–Crippen MR) is 195 cm³/mol. The second-order valence-corrected chi connectivity index (χ2v) is 14.9. The van der Waals surface area contributed by atoms with Crippen LogP contribution in [0.25, 0.3) is 0 Å². The number of nitrogens with one attached hydrogen (secondary N) is 1. The standard InChI is InChI=1S/C37H53F2NO22/c1-2-3-4-5-20(45)40-13-6-7-15(14(8-13)33(38)39)55-34-27(52)23(48)30(17(10-42)57-34)61-36-29(54)25(50)32(19(12-44)59-36)62-37-28(53)24(49)31(18(11-43)58-37)60-35-26(51)22(47)21(46)16(9-41)56-35/h1,6-8,16-19,21-37,41-44,46-54H,3-5,9-12H2,(H,40,45)/t16?,17?,18?,19?,21-,22+,23-,24-,25-,26?,27?,28?,29?,30-,31-,32-,34-,35-,36-,37-/m1/s1. The molecule has 352 valence electrons. The fourth-order valence-electron chi connectivity index (χ4n) is 7.23. The van der Waals surface area contributed by atoms with Crippen molar-refractivity contribution in [2.24, 2.45) is 0 Å². The molecule has 0 aromatic heterocycles.